The van der Waals surface area contributed by atoms with Crippen LogP contribution in [0.2, 0.25) is 0 Å². The SMILES string of the molecule is Cc1cc(C(=O)O[C@H](C)C(=O)Nc2ccc(Oc3ccccc3)cc2)c(C)o1. The number of aryl methyl sites for hydroxylation is 2. The van der Waals surface area contributed by atoms with Gasteiger partial charge in [0.2, 0.25) is 0 Å². The summed E-state index contributed by atoms with van der Waals surface area (Å²) in [5, 5.41) is 2.71. The van der Waals surface area contributed by atoms with E-state index in [-0.39, 0.29) is 0 Å². The van der Waals surface area contributed by atoms with E-state index in [0.717, 1.165) is 5.75 Å². The van der Waals surface area contributed by atoms with Gasteiger partial charge in [-0.15, -0.1) is 0 Å². The van der Waals surface area contributed by atoms with Crippen LogP contribution >= 0.6 is 0 Å². The fourth-order valence-corrected chi connectivity index (χ4v) is 2.59. The number of anilines is 1. The average Bonchev–Trinajstić information content (AvgIpc) is 3.02. The van der Waals surface area contributed by atoms with Gasteiger partial charge in [0.1, 0.15) is 28.6 Å². The second kappa shape index (κ2) is 8.43. The summed E-state index contributed by atoms with van der Waals surface area (Å²) >= 11 is 0. The third kappa shape index (κ3) is 4.79. The zero-order valence-corrected chi connectivity index (χ0v) is 15.9. The van der Waals surface area contributed by atoms with Gasteiger partial charge in [0, 0.05) is 5.69 Å². The average molecular weight is 379 g/mol. The van der Waals surface area contributed by atoms with Crippen LogP contribution in [-0.4, -0.2) is 18.0 Å². The number of esters is 1. The van der Waals surface area contributed by atoms with Crippen LogP contribution in [0, 0.1) is 13.8 Å². The molecule has 0 fully saturated rings. The molecule has 2 aromatic carbocycles. The first-order valence-corrected chi connectivity index (χ1v) is 8.84. The number of hydrogen-bond acceptors (Lipinski definition) is 5. The summed E-state index contributed by atoms with van der Waals surface area (Å²) in [4.78, 5) is 24.5. The van der Waals surface area contributed by atoms with E-state index in [9.17, 15) is 9.59 Å². The molecule has 1 amide bonds. The second-order valence-electron chi connectivity index (χ2n) is 6.30. The molecule has 1 atom stereocenters. The highest BCUT2D eigenvalue weighted by molar-refractivity contribution is 5.97. The largest absolute Gasteiger partial charge is 0.466 e. The number of benzene rings is 2. The Morgan fingerprint density at radius 3 is 2.21 bits per heavy atom. The molecule has 3 aromatic rings. The first-order chi connectivity index (χ1) is 13.4. The van der Waals surface area contributed by atoms with Gasteiger partial charge in [0.15, 0.2) is 6.10 Å². The van der Waals surface area contributed by atoms with Crippen LogP contribution in [0.25, 0.3) is 0 Å². The normalized spacial score (nSPS) is 11.5. The summed E-state index contributed by atoms with van der Waals surface area (Å²) in [7, 11) is 0. The molecule has 0 aliphatic rings. The van der Waals surface area contributed by atoms with E-state index < -0.39 is 18.0 Å². The Kier molecular flexibility index (Phi) is 5.79. The molecule has 1 N–H and O–H groups in total. The van der Waals surface area contributed by atoms with Crippen LogP contribution in [0.1, 0.15) is 28.8 Å². The molecule has 0 unspecified atom stereocenters. The lowest BCUT2D eigenvalue weighted by molar-refractivity contribution is -0.123. The third-order valence-electron chi connectivity index (χ3n) is 4.01. The molecule has 28 heavy (non-hydrogen) atoms. The molecule has 0 saturated heterocycles. The van der Waals surface area contributed by atoms with Gasteiger partial charge < -0.3 is 19.2 Å². The third-order valence-corrected chi connectivity index (χ3v) is 4.01. The maximum atomic E-state index is 12.3. The number of ether oxygens (including phenoxy) is 2. The van der Waals surface area contributed by atoms with Crippen LogP contribution < -0.4 is 10.1 Å². The number of para-hydroxylation sites is 1. The predicted octanol–water partition coefficient (Wildman–Crippen LogP) is 4.87. The van der Waals surface area contributed by atoms with Crippen molar-refractivity contribution in [2.24, 2.45) is 0 Å². The van der Waals surface area contributed by atoms with Gasteiger partial charge in [-0.25, -0.2) is 4.79 Å². The summed E-state index contributed by atoms with van der Waals surface area (Å²) in [6.07, 6.45) is -0.956. The van der Waals surface area contributed by atoms with Crippen molar-refractivity contribution in [2.45, 2.75) is 26.9 Å². The van der Waals surface area contributed by atoms with E-state index in [1.807, 2.05) is 30.3 Å². The molecule has 144 valence electrons. The first kappa shape index (κ1) is 19.2. The molecule has 0 bridgehead atoms. The Bertz CT molecular complexity index is 960. The van der Waals surface area contributed by atoms with Gasteiger partial charge in [-0.05, 0) is 63.2 Å². The molecule has 3 rings (SSSR count). The van der Waals surface area contributed by atoms with Gasteiger partial charge in [-0.1, -0.05) is 18.2 Å². The summed E-state index contributed by atoms with van der Waals surface area (Å²) in [5.74, 6) is 1.43. The van der Waals surface area contributed by atoms with Crippen LogP contribution in [0.15, 0.2) is 65.1 Å². The van der Waals surface area contributed by atoms with Gasteiger partial charge in [0.25, 0.3) is 5.91 Å². The monoisotopic (exact) mass is 379 g/mol. The second-order valence-corrected chi connectivity index (χ2v) is 6.30. The number of carbonyl (C=O) groups excluding carboxylic acids is 2. The number of rotatable bonds is 6. The molecule has 0 spiro atoms. The van der Waals surface area contributed by atoms with E-state index >= 15 is 0 Å². The van der Waals surface area contributed by atoms with Crippen molar-refractivity contribution in [3.63, 3.8) is 0 Å². The zero-order chi connectivity index (χ0) is 20.1. The Morgan fingerprint density at radius 2 is 1.61 bits per heavy atom. The summed E-state index contributed by atoms with van der Waals surface area (Å²) in [5.41, 5.74) is 0.892. The lowest BCUT2D eigenvalue weighted by Gasteiger charge is -2.13. The standard InChI is InChI=1S/C22H21NO5/c1-14-13-20(15(2)26-14)22(25)27-16(3)21(24)23-17-9-11-19(12-10-17)28-18-7-5-4-6-8-18/h4-13,16H,1-3H3,(H,23,24)/t16-/m1/s1. The highest BCUT2D eigenvalue weighted by atomic mass is 16.5. The lowest BCUT2D eigenvalue weighted by Crippen LogP contribution is -2.30. The number of furan rings is 1. The highest BCUT2D eigenvalue weighted by Crippen LogP contribution is 2.23. The van der Waals surface area contributed by atoms with E-state index in [4.69, 9.17) is 13.9 Å². The number of amides is 1. The molecule has 0 saturated carbocycles. The van der Waals surface area contributed by atoms with Crippen LogP contribution in [0.5, 0.6) is 11.5 Å². The van der Waals surface area contributed by atoms with Gasteiger partial charge >= 0.3 is 5.97 Å². The summed E-state index contributed by atoms with van der Waals surface area (Å²) in [6.45, 7) is 4.93. The van der Waals surface area contributed by atoms with Crippen LogP contribution in [-0.2, 0) is 9.53 Å². The molecule has 1 heterocycles. The molecule has 1 aromatic heterocycles. The van der Waals surface area contributed by atoms with Gasteiger partial charge in [-0.3, -0.25) is 4.79 Å². The Morgan fingerprint density at radius 1 is 0.964 bits per heavy atom. The van der Waals surface area contributed by atoms with E-state index in [0.29, 0.717) is 28.5 Å². The van der Waals surface area contributed by atoms with E-state index in [1.165, 1.54) is 6.92 Å². The molecular formula is C22H21NO5. The summed E-state index contributed by atoms with van der Waals surface area (Å²) in [6, 6.07) is 17.9. The molecule has 0 radical (unpaired) electrons. The maximum absolute atomic E-state index is 12.3. The van der Waals surface area contributed by atoms with Gasteiger partial charge in [-0.2, -0.15) is 0 Å². The highest BCUT2D eigenvalue weighted by Gasteiger charge is 2.22. The molecule has 6 nitrogen and oxygen atoms in total. The number of nitrogens with one attached hydrogen (secondary N) is 1. The van der Waals surface area contributed by atoms with Crippen molar-refractivity contribution in [1.82, 2.24) is 0 Å². The number of carbonyl (C=O) groups is 2. The van der Waals surface area contributed by atoms with Crippen LogP contribution in [0.3, 0.4) is 0 Å². The quantitative estimate of drug-likeness (QED) is 0.618. The molecular weight excluding hydrogens is 358 g/mol. The van der Waals surface area contributed by atoms with Crippen molar-refractivity contribution in [3.05, 3.63) is 77.7 Å². The minimum Gasteiger partial charge on any atom is -0.466 e. The molecule has 0 aliphatic carbocycles. The Hall–Kier alpha value is -3.54. The molecule has 0 aliphatic heterocycles. The smallest absolute Gasteiger partial charge is 0.342 e. The van der Waals surface area contributed by atoms with Crippen LogP contribution in [0.4, 0.5) is 5.69 Å². The minimum absolute atomic E-state index is 0.319. The van der Waals surface area contributed by atoms with Crippen molar-refractivity contribution >= 4 is 17.6 Å². The Labute approximate surface area is 163 Å². The fourth-order valence-electron chi connectivity index (χ4n) is 2.59. The van der Waals surface area contributed by atoms with Crippen molar-refractivity contribution < 1.29 is 23.5 Å². The van der Waals surface area contributed by atoms with Crippen molar-refractivity contribution in [1.29, 1.82) is 0 Å². The maximum Gasteiger partial charge on any atom is 0.342 e. The summed E-state index contributed by atoms with van der Waals surface area (Å²) < 4.78 is 16.3. The van der Waals surface area contributed by atoms with Gasteiger partial charge in [0.05, 0.1) is 0 Å². The van der Waals surface area contributed by atoms with Crippen molar-refractivity contribution in [3.8, 4) is 11.5 Å². The topological polar surface area (TPSA) is 77.8 Å². The predicted molar refractivity (Wildman–Crippen MR) is 105 cm³/mol. The zero-order valence-electron chi connectivity index (χ0n) is 15.9. The fraction of sp³-hybridized carbons (Fsp3) is 0.182. The van der Waals surface area contributed by atoms with E-state index in [2.05, 4.69) is 5.32 Å². The Balaban J connectivity index is 1.56. The molecule has 6 heteroatoms. The van der Waals surface area contributed by atoms with E-state index in [1.54, 1.807) is 44.2 Å². The number of hydrogen-bond donors (Lipinski definition) is 1. The minimum atomic E-state index is -0.956. The lowest BCUT2D eigenvalue weighted by atomic mass is 10.2. The first-order valence-electron chi connectivity index (χ1n) is 8.84. The van der Waals surface area contributed by atoms with Crippen molar-refractivity contribution in [2.75, 3.05) is 5.32 Å².